The molecule has 1 unspecified atom stereocenters. The van der Waals surface area contributed by atoms with Gasteiger partial charge in [-0.15, -0.1) is 0 Å². The number of hydrogen-bond acceptors (Lipinski definition) is 3. The zero-order valence-electron chi connectivity index (χ0n) is 12.5. The van der Waals surface area contributed by atoms with Crippen LogP contribution in [0.15, 0.2) is 12.3 Å². The number of aliphatic carboxylic acids is 1. The van der Waals surface area contributed by atoms with Crippen molar-refractivity contribution in [3.05, 3.63) is 18.0 Å². The van der Waals surface area contributed by atoms with Gasteiger partial charge >= 0.3 is 5.97 Å². The second kappa shape index (κ2) is 6.88. The lowest BCUT2D eigenvalue weighted by Gasteiger charge is -2.23. The topological polar surface area (TPSA) is 58.4 Å². The Kier molecular flexibility index (Phi) is 5.17. The second-order valence-electron chi connectivity index (χ2n) is 5.76. The Morgan fingerprint density at radius 2 is 2.20 bits per heavy atom. The van der Waals surface area contributed by atoms with Crippen molar-refractivity contribution in [1.82, 2.24) is 14.7 Å². The molecule has 0 spiro atoms. The molecule has 0 radical (unpaired) electrons. The van der Waals surface area contributed by atoms with E-state index < -0.39 is 12.0 Å². The van der Waals surface area contributed by atoms with Gasteiger partial charge in [0.25, 0.3) is 0 Å². The molecule has 1 N–H and O–H groups in total. The molecule has 5 heteroatoms. The minimum atomic E-state index is -0.762. The van der Waals surface area contributed by atoms with Crippen molar-refractivity contribution in [2.45, 2.75) is 64.1 Å². The monoisotopic (exact) mass is 279 g/mol. The first-order valence-corrected chi connectivity index (χ1v) is 7.59. The molecule has 1 aromatic heterocycles. The Labute approximate surface area is 120 Å². The lowest BCUT2D eigenvalue weighted by atomic mass is 9.96. The summed E-state index contributed by atoms with van der Waals surface area (Å²) < 4.78 is 2.07. The normalized spacial score (nSPS) is 18.4. The predicted molar refractivity (Wildman–Crippen MR) is 77.5 cm³/mol. The van der Waals surface area contributed by atoms with E-state index in [1.54, 1.807) is 0 Å². The molecule has 1 heterocycles. The number of carboxylic acids is 1. The van der Waals surface area contributed by atoms with Gasteiger partial charge in [-0.05, 0) is 32.4 Å². The first-order chi connectivity index (χ1) is 9.61. The lowest BCUT2D eigenvalue weighted by molar-refractivity contribution is -0.143. The van der Waals surface area contributed by atoms with E-state index in [1.165, 1.54) is 32.1 Å². The molecule has 0 aromatic carbocycles. The van der Waals surface area contributed by atoms with Crippen LogP contribution in [0.1, 0.15) is 57.2 Å². The fourth-order valence-corrected chi connectivity index (χ4v) is 3.05. The van der Waals surface area contributed by atoms with Crippen molar-refractivity contribution in [3.8, 4) is 0 Å². The number of carboxylic acid groups (broad SMARTS) is 1. The average Bonchev–Trinajstić information content (AvgIpc) is 2.88. The number of likely N-dealkylation sites (N-methyl/N-ethyl adjacent to an activating group) is 1. The van der Waals surface area contributed by atoms with E-state index in [0.29, 0.717) is 19.0 Å². The third-order valence-electron chi connectivity index (χ3n) is 4.23. The van der Waals surface area contributed by atoms with E-state index in [1.807, 2.05) is 31.1 Å². The third-order valence-corrected chi connectivity index (χ3v) is 4.23. The summed E-state index contributed by atoms with van der Waals surface area (Å²) in [5.74, 6) is -0.762. The molecular formula is C15H25N3O2. The van der Waals surface area contributed by atoms with Gasteiger partial charge in [0, 0.05) is 12.7 Å². The molecule has 2 rings (SSSR count). The van der Waals surface area contributed by atoms with E-state index in [0.717, 1.165) is 5.69 Å². The summed E-state index contributed by atoms with van der Waals surface area (Å²) in [5, 5.41) is 13.8. The summed E-state index contributed by atoms with van der Waals surface area (Å²) in [7, 11) is 1.85. The Morgan fingerprint density at radius 1 is 1.50 bits per heavy atom. The number of rotatable bonds is 6. The third kappa shape index (κ3) is 3.60. The number of aromatic nitrogens is 2. The van der Waals surface area contributed by atoms with E-state index in [2.05, 4.69) is 9.78 Å². The Bertz CT molecular complexity index is 438. The van der Waals surface area contributed by atoms with Gasteiger partial charge in [0.05, 0.1) is 11.7 Å². The van der Waals surface area contributed by atoms with Gasteiger partial charge < -0.3 is 5.11 Å². The molecule has 0 bridgehead atoms. The van der Waals surface area contributed by atoms with Crippen LogP contribution in [0, 0.1) is 0 Å². The van der Waals surface area contributed by atoms with E-state index >= 15 is 0 Å². The van der Waals surface area contributed by atoms with Crippen molar-refractivity contribution in [1.29, 1.82) is 0 Å². The molecule has 0 aliphatic heterocycles. The van der Waals surface area contributed by atoms with Gasteiger partial charge in [0.2, 0.25) is 0 Å². The molecule has 1 saturated carbocycles. The fraction of sp³-hybridized carbons (Fsp3) is 0.733. The zero-order valence-corrected chi connectivity index (χ0v) is 12.5. The van der Waals surface area contributed by atoms with Gasteiger partial charge in [-0.1, -0.05) is 26.2 Å². The molecule has 0 amide bonds. The summed E-state index contributed by atoms with van der Waals surface area (Å²) in [5.41, 5.74) is 0.956. The highest BCUT2D eigenvalue weighted by Gasteiger charge is 2.22. The number of nitrogens with zero attached hydrogens (tertiary/aromatic N) is 3. The van der Waals surface area contributed by atoms with E-state index in [-0.39, 0.29) is 0 Å². The molecule has 112 valence electrons. The second-order valence-corrected chi connectivity index (χ2v) is 5.76. The van der Waals surface area contributed by atoms with Crippen LogP contribution in [0.2, 0.25) is 0 Å². The van der Waals surface area contributed by atoms with Crippen LogP contribution in [0.25, 0.3) is 0 Å². The minimum Gasteiger partial charge on any atom is -0.480 e. The quantitative estimate of drug-likeness (QED) is 0.869. The standard InChI is InChI=1S/C15H25N3O2/c1-3-14(15(19)20)17(2)11-12-9-10-18(16-12)13-7-5-4-6-8-13/h9-10,13-14H,3-8,11H2,1-2H3,(H,19,20). The van der Waals surface area contributed by atoms with Crippen molar-refractivity contribution >= 4 is 5.97 Å². The summed E-state index contributed by atoms with van der Waals surface area (Å²) in [4.78, 5) is 13.0. The van der Waals surface area contributed by atoms with Gasteiger partial charge in [-0.2, -0.15) is 5.10 Å². The SMILES string of the molecule is CCC(C(=O)O)N(C)Cc1ccn(C2CCCCC2)n1. The maximum absolute atomic E-state index is 11.1. The molecule has 5 nitrogen and oxygen atoms in total. The number of hydrogen-bond donors (Lipinski definition) is 1. The first-order valence-electron chi connectivity index (χ1n) is 7.59. The van der Waals surface area contributed by atoms with Gasteiger partial charge in [-0.3, -0.25) is 14.4 Å². The predicted octanol–water partition coefficient (Wildman–Crippen LogP) is 2.68. The minimum absolute atomic E-state index is 0.435. The van der Waals surface area contributed by atoms with Gasteiger partial charge in [-0.25, -0.2) is 0 Å². The van der Waals surface area contributed by atoms with E-state index in [9.17, 15) is 4.79 Å². The maximum Gasteiger partial charge on any atom is 0.320 e. The molecule has 1 aromatic rings. The highest BCUT2D eigenvalue weighted by Crippen LogP contribution is 2.27. The number of carbonyl (C=O) groups is 1. The summed E-state index contributed by atoms with van der Waals surface area (Å²) in [6, 6.07) is 2.11. The summed E-state index contributed by atoms with van der Waals surface area (Å²) in [6.07, 6.45) is 8.99. The average molecular weight is 279 g/mol. The zero-order chi connectivity index (χ0) is 14.5. The Hall–Kier alpha value is -1.36. The van der Waals surface area contributed by atoms with Crippen LogP contribution in [-0.4, -0.2) is 38.8 Å². The molecule has 1 fully saturated rings. The van der Waals surface area contributed by atoms with E-state index in [4.69, 9.17) is 5.11 Å². The lowest BCUT2D eigenvalue weighted by Crippen LogP contribution is -2.37. The summed E-state index contributed by atoms with van der Waals surface area (Å²) in [6.45, 7) is 2.49. The van der Waals surface area contributed by atoms with Crippen molar-refractivity contribution in [2.24, 2.45) is 0 Å². The van der Waals surface area contributed by atoms with Crippen LogP contribution in [0.5, 0.6) is 0 Å². The smallest absolute Gasteiger partial charge is 0.320 e. The van der Waals surface area contributed by atoms with Crippen molar-refractivity contribution in [3.63, 3.8) is 0 Å². The molecule has 1 atom stereocenters. The van der Waals surface area contributed by atoms with Crippen molar-refractivity contribution < 1.29 is 9.90 Å². The van der Waals surface area contributed by atoms with Crippen LogP contribution in [0.4, 0.5) is 0 Å². The highest BCUT2D eigenvalue weighted by atomic mass is 16.4. The fourth-order valence-electron chi connectivity index (χ4n) is 3.05. The molecular weight excluding hydrogens is 254 g/mol. The maximum atomic E-state index is 11.1. The van der Waals surface area contributed by atoms with Gasteiger partial charge in [0.15, 0.2) is 0 Å². The van der Waals surface area contributed by atoms with Crippen LogP contribution >= 0.6 is 0 Å². The largest absolute Gasteiger partial charge is 0.480 e. The first kappa shape index (κ1) is 15.0. The van der Waals surface area contributed by atoms with Crippen LogP contribution in [0.3, 0.4) is 0 Å². The van der Waals surface area contributed by atoms with Crippen LogP contribution in [-0.2, 0) is 11.3 Å². The highest BCUT2D eigenvalue weighted by molar-refractivity contribution is 5.73. The molecule has 1 aliphatic rings. The molecule has 1 aliphatic carbocycles. The van der Waals surface area contributed by atoms with Crippen molar-refractivity contribution in [2.75, 3.05) is 7.05 Å². The van der Waals surface area contributed by atoms with Crippen LogP contribution < -0.4 is 0 Å². The summed E-state index contributed by atoms with van der Waals surface area (Å²) >= 11 is 0. The van der Waals surface area contributed by atoms with Gasteiger partial charge in [0.1, 0.15) is 6.04 Å². The molecule has 0 saturated heterocycles. The Morgan fingerprint density at radius 3 is 2.80 bits per heavy atom. The Balaban J connectivity index is 1.96. The molecule has 20 heavy (non-hydrogen) atoms.